The Morgan fingerprint density at radius 3 is 2.80 bits per heavy atom. The van der Waals surface area contributed by atoms with E-state index in [-0.39, 0.29) is 18.1 Å². The Labute approximate surface area is 88.6 Å². The first-order chi connectivity index (χ1) is 7.19. The molecule has 1 aromatic rings. The van der Waals surface area contributed by atoms with Gasteiger partial charge in [0.05, 0.1) is 17.7 Å². The van der Waals surface area contributed by atoms with E-state index in [4.69, 9.17) is 10.5 Å². The van der Waals surface area contributed by atoms with Gasteiger partial charge in [0.15, 0.2) is 5.78 Å². The summed E-state index contributed by atoms with van der Waals surface area (Å²) in [6.07, 6.45) is 0.204. The van der Waals surface area contributed by atoms with Crippen LogP contribution in [-0.4, -0.2) is 5.78 Å². The maximum Gasteiger partial charge on any atom is 0.166 e. The summed E-state index contributed by atoms with van der Waals surface area (Å²) < 4.78 is 0. The average molecular weight is 198 g/mol. The smallest absolute Gasteiger partial charge is 0.166 e. The maximum atomic E-state index is 11.7. The fraction of sp³-hybridized carbons (Fsp3) is 0.250. The van der Waals surface area contributed by atoms with Gasteiger partial charge in [-0.25, -0.2) is 0 Å². The van der Waals surface area contributed by atoms with Gasteiger partial charge in [-0.05, 0) is 12.1 Å². The zero-order chi connectivity index (χ0) is 11.3. The van der Waals surface area contributed by atoms with Crippen LogP contribution in [0, 0.1) is 28.6 Å². The Balaban J connectivity index is 2.93. The molecule has 1 aromatic carbocycles. The second-order valence-corrected chi connectivity index (χ2v) is 3.32. The van der Waals surface area contributed by atoms with Crippen LogP contribution in [0.25, 0.3) is 0 Å². The average Bonchev–Trinajstić information content (AvgIpc) is 2.28. The molecule has 0 aliphatic heterocycles. The summed E-state index contributed by atoms with van der Waals surface area (Å²) in [5.41, 5.74) is 0.960. The van der Waals surface area contributed by atoms with Crippen molar-refractivity contribution < 1.29 is 4.79 Å². The summed E-state index contributed by atoms with van der Waals surface area (Å²) >= 11 is 0. The molecule has 0 bridgehead atoms. The van der Waals surface area contributed by atoms with Gasteiger partial charge in [0.25, 0.3) is 0 Å². The minimum absolute atomic E-state index is 0.0892. The van der Waals surface area contributed by atoms with Gasteiger partial charge in [-0.3, -0.25) is 4.79 Å². The second-order valence-electron chi connectivity index (χ2n) is 3.32. The van der Waals surface area contributed by atoms with Gasteiger partial charge in [0.1, 0.15) is 0 Å². The van der Waals surface area contributed by atoms with Gasteiger partial charge >= 0.3 is 0 Å². The van der Waals surface area contributed by atoms with E-state index < -0.39 is 0 Å². The number of Topliss-reactive ketones (excluding diaryl/α,β-unsaturated/α-hetero) is 1. The van der Waals surface area contributed by atoms with E-state index in [9.17, 15) is 4.79 Å². The van der Waals surface area contributed by atoms with Crippen LogP contribution in [0.2, 0.25) is 0 Å². The fourth-order valence-electron chi connectivity index (χ4n) is 1.26. The summed E-state index contributed by atoms with van der Waals surface area (Å²) in [6, 6.07) is 10.5. The monoisotopic (exact) mass is 198 g/mol. The molecule has 1 atom stereocenters. The van der Waals surface area contributed by atoms with Gasteiger partial charge in [-0.1, -0.05) is 19.1 Å². The third-order valence-corrected chi connectivity index (χ3v) is 2.12. The Bertz CT molecular complexity index is 451. The highest BCUT2D eigenvalue weighted by Crippen LogP contribution is 2.12. The van der Waals surface area contributed by atoms with Crippen molar-refractivity contribution >= 4 is 5.78 Å². The quantitative estimate of drug-likeness (QED) is 0.700. The molecule has 0 heterocycles. The Morgan fingerprint density at radius 1 is 1.47 bits per heavy atom. The minimum atomic E-state index is -0.316. The van der Waals surface area contributed by atoms with Crippen molar-refractivity contribution in [3.63, 3.8) is 0 Å². The van der Waals surface area contributed by atoms with E-state index in [1.807, 2.05) is 12.1 Å². The maximum absolute atomic E-state index is 11.7. The molecule has 1 unspecified atom stereocenters. The molecule has 0 aliphatic carbocycles. The first kappa shape index (κ1) is 10.9. The lowest BCUT2D eigenvalue weighted by atomic mass is 9.96. The van der Waals surface area contributed by atoms with Crippen molar-refractivity contribution in [2.45, 2.75) is 13.3 Å². The van der Waals surface area contributed by atoms with Gasteiger partial charge < -0.3 is 0 Å². The lowest BCUT2D eigenvalue weighted by Gasteiger charge is -2.05. The highest BCUT2D eigenvalue weighted by Gasteiger charge is 2.14. The fourth-order valence-corrected chi connectivity index (χ4v) is 1.26. The van der Waals surface area contributed by atoms with E-state index in [2.05, 4.69) is 0 Å². The van der Waals surface area contributed by atoms with E-state index >= 15 is 0 Å². The van der Waals surface area contributed by atoms with Gasteiger partial charge in [0.2, 0.25) is 0 Å². The number of nitriles is 2. The van der Waals surface area contributed by atoms with Gasteiger partial charge in [-0.2, -0.15) is 10.5 Å². The first-order valence-corrected chi connectivity index (χ1v) is 4.60. The van der Waals surface area contributed by atoms with Crippen LogP contribution in [-0.2, 0) is 0 Å². The van der Waals surface area contributed by atoms with Crippen molar-refractivity contribution in [2.24, 2.45) is 5.92 Å². The molecule has 0 fully saturated rings. The molecule has 1 rings (SSSR count). The molecule has 0 saturated heterocycles. The second kappa shape index (κ2) is 4.93. The highest BCUT2D eigenvalue weighted by molar-refractivity contribution is 5.98. The van der Waals surface area contributed by atoms with E-state index in [0.717, 1.165) is 0 Å². The molecule has 0 N–H and O–H groups in total. The topological polar surface area (TPSA) is 64.7 Å². The largest absolute Gasteiger partial charge is 0.294 e. The predicted octanol–water partition coefficient (Wildman–Crippen LogP) is 2.29. The van der Waals surface area contributed by atoms with Crippen LogP contribution in [0.5, 0.6) is 0 Å². The number of hydrogen-bond acceptors (Lipinski definition) is 3. The van der Waals surface area contributed by atoms with Crippen LogP contribution in [0.4, 0.5) is 0 Å². The molecule has 0 radical (unpaired) electrons. The summed E-state index contributed by atoms with van der Waals surface area (Å²) in [4.78, 5) is 11.7. The molecule has 3 heteroatoms. The number of ketones is 1. The normalized spacial score (nSPS) is 11.1. The lowest BCUT2D eigenvalue weighted by molar-refractivity contribution is 0.0932. The summed E-state index contributed by atoms with van der Waals surface area (Å²) in [5.74, 6) is -0.405. The molecule has 0 spiro atoms. The van der Waals surface area contributed by atoms with Crippen molar-refractivity contribution in [1.82, 2.24) is 0 Å². The van der Waals surface area contributed by atoms with Crippen LogP contribution < -0.4 is 0 Å². The van der Waals surface area contributed by atoms with E-state index in [0.29, 0.717) is 11.1 Å². The third-order valence-electron chi connectivity index (χ3n) is 2.12. The van der Waals surface area contributed by atoms with Gasteiger partial charge in [-0.15, -0.1) is 0 Å². The minimum Gasteiger partial charge on any atom is -0.294 e. The molecular weight excluding hydrogens is 188 g/mol. The number of carbonyl (C=O) groups is 1. The van der Waals surface area contributed by atoms with Gasteiger partial charge in [0, 0.05) is 17.9 Å². The summed E-state index contributed by atoms with van der Waals surface area (Å²) in [5, 5.41) is 17.2. The molecule has 3 nitrogen and oxygen atoms in total. The summed E-state index contributed by atoms with van der Waals surface area (Å²) in [7, 11) is 0. The molecule has 0 amide bonds. The molecule has 15 heavy (non-hydrogen) atoms. The molecule has 74 valence electrons. The van der Waals surface area contributed by atoms with E-state index in [1.165, 1.54) is 0 Å². The van der Waals surface area contributed by atoms with Crippen molar-refractivity contribution in [2.75, 3.05) is 0 Å². The summed E-state index contributed by atoms with van der Waals surface area (Å²) in [6.45, 7) is 1.71. The SMILES string of the molecule is CC(CC#N)C(=O)c1cccc(C#N)c1. The predicted molar refractivity (Wildman–Crippen MR) is 54.9 cm³/mol. The number of hydrogen-bond donors (Lipinski definition) is 0. The number of carbonyl (C=O) groups excluding carboxylic acids is 1. The molecular formula is C12H10N2O. The number of nitrogens with zero attached hydrogens (tertiary/aromatic N) is 2. The van der Waals surface area contributed by atoms with Crippen LogP contribution >= 0.6 is 0 Å². The number of benzene rings is 1. The van der Waals surface area contributed by atoms with E-state index in [1.54, 1.807) is 31.2 Å². The molecule has 0 aliphatic rings. The number of rotatable bonds is 3. The van der Waals surface area contributed by atoms with Crippen LogP contribution in [0.1, 0.15) is 29.3 Å². The first-order valence-electron chi connectivity index (χ1n) is 4.60. The van der Waals surface area contributed by atoms with Crippen LogP contribution in [0.3, 0.4) is 0 Å². The zero-order valence-corrected chi connectivity index (χ0v) is 8.40. The highest BCUT2D eigenvalue weighted by atomic mass is 16.1. The van der Waals surface area contributed by atoms with Crippen molar-refractivity contribution in [3.8, 4) is 12.1 Å². The zero-order valence-electron chi connectivity index (χ0n) is 8.40. The van der Waals surface area contributed by atoms with Crippen molar-refractivity contribution in [3.05, 3.63) is 35.4 Å². The Hall–Kier alpha value is -2.13. The molecule has 0 aromatic heterocycles. The lowest BCUT2D eigenvalue weighted by Crippen LogP contribution is -2.10. The molecule has 0 saturated carbocycles. The van der Waals surface area contributed by atoms with Crippen molar-refractivity contribution in [1.29, 1.82) is 10.5 Å². The van der Waals surface area contributed by atoms with Crippen LogP contribution in [0.15, 0.2) is 24.3 Å². The Morgan fingerprint density at radius 2 is 2.20 bits per heavy atom. The standard InChI is InChI=1S/C12H10N2O/c1-9(5-6-13)12(15)11-4-2-3-10(7-11)8-14/h2-4,7,9H,5H2,1H3. The third kappa shape index (κ3) is 2.65. The Kier molecular flexibility index (Phi) is 3.60.